The number of nitrogens with one attached hydrogen (secondary N) is 1. The van der Waals surface area contributed by atoms with Gasteiger partial charge in [0.15, 0.2) is 0 Å². The largest absolute Gasteiger partial charge is 0.384 e. The molecule has 3 N–H and O–H groups in total. The van der Waals surface area contributed by atoms with Crippen LogP contribution in [0.15, 0.2) is 24.3 Å². The number of amides is 1. The van der Waals surface area contributed by atoms with Gasteiger partial charge in [0.25, 0.3) is 0 Å². The fourth-order valence-electron chi connectivity index (χ4n) is 1.32. The minimum Gasteiger partial charge on any atom is -0.384 e. The predicted molar refractivity (Wildman–Crippen MR) is 64.3 cm³/mol. The average molecular weight is 222 g/mol. The first-order valence-electron chi connectivity index (χ1n) is 5.28. The molecule has 1 aromatic rings. The molecule has 88 valence electrons. The van der Waals surface area contributed by atoms with Gasteiger partial charge < -0.3 is 15.8 Å². The van der Waals surface area contributed by atoms with Crippen LogP contribution in [-0.2, 0) is 16.0 Å². The average Bonchev–Trinajstić information content (AvgIpc) is 2.27. The van der Waals surface area contributed by atoms with Crippen molar-refractivity contribution in [2.45, 2.75) is 19.4 Å². The summed E-state index contributed by atoms with van der Waals surface area (Å²) in [5.74, 6) is -0.176. The van der Waals surface area contributed by atoms with E-state index in [-0.39, 0.29) is 5.91 Å². The maximum atomic E-state index is 11.5. The monoisotopic (exact) mass is 222 g/mol. The Bertz CT molecular complexity index is 351. The Morgan fingerprint density at radius 2 is 2.19 bits per heavy atom. The third kappa shape index (κ3) is 3.64. The van der Waals surface area contributed by atoms with Crippen molar-refractivity contribution in [3.05, 3.63) is 29.8 Å². The van der Waals surface area contributed by atoms with Crippen LogP contribution in [0, 0.1) is 0 Å². The van der Waals surface area contributed by atoms with Crippen molar-refractivity contribution in [3.63, 3.8) is 0 Å². The predicted octanol–water partition coefficient (Wildman–Crippen LogP) is 1.16. The van der Waals surface area contributed by atoms with Gasteiger partial charge in [-0.3, -0.25) is 4.79 Å². The lowest BCUT2D eigenvalue weighted by Crippen LogP contribution is -2.32. The van der Waals surface area contributed by atoms with Crippen LogP contribution in [-0.4, -0.2) is 25.7 Å². The molecule has 4 nitrogen and oxygen atoms in total. The van der Waals surface area contributed by atoms with Gasteiger partial charge in [0.05, 0.1) is 12.6 Å². The number of para-hydroxylation sites is 1. The number of nitrogens with two attached hydrogens (primary N) is 1. The SMILES string of the molecule is COCCc1ccccc1NC(=O)[C@@H](C)N. The van der Waals surface area contributed by atoms with Gasteiger partial charge in [0.2, 0.25) is 5.91 Å². The van der Waals surface area contributed by atoms with Gasteiger partial charge in [-0.1, -0.05) is 18.2 Å². The van der Waals surface area contributed by atoms with Gasteiger partial charge in [0.1, 0.15) is 0 Å². The van der Waals surface area contributed by atoms with E-state index in [2.05, 4.69) is 5.32 Å². The van der Waals surface area contributed by atoms with Crippen molar-refractivity contribution < 1.29 is 9.53 Å². The van der Waals surface area contributed by atoms with Gasteiger partial charge in [-0.25, -0.2) is 0 Å². The van der Waals surface area contributed by atoms with Crippen molar-refractivity contribution in [1.82, 2.24) is 0 Å². The number of benzene rings is 1. The molecule has 1 rings (SSSR count). The molecule has 1 aromatic carbocycles. The summed E-state index contributed by atoms with van der Waals surface area (Å²) >= 11 is 0. The van der Waals surface area contributed by atoms with Gasteiger partial charge in [-0.2, -0.15) is 0 Å². The number of anilines is 1. The minimum absolute atomic E-state index is 0.176. The molecule has 0 saturated heterocycles. The molecule has 4 heteroatoms. The minimum atomic E-state index is -0.504. The third-order valence-electron chi connectivity index (χ3n) is 2.26. The van der Waals surface area contributed by atoms with E-state index in [1.165, 1.54) is 0 Å². The summed E-state index contributed by atoms with van der Waals surface area (Å²) in [5, 5.41) is 2.80. The molecule has 0 heterocycles. The van der Waals surface area contributed by atoms with Crippen molar-refractivity contribution in [2.75, 3.05) is 19.0 Å². The molecular weight excluding hydrogens is 204 g/mol. The maximum absolute atomic E-state index is 11.5. The normalized spacial score (nSPS) is 12.2. The second-order valence-electron chi connectivity index (χ2n) is 3.68. The van der Waals surface area contributed by atoms with E-state index >= 15 is 0 Å². The zero-order chi connectivity index (χ0) is 12.0. The Hall–Kier alpha value is -1.39. The van der Waals surface area contributed by atoms with E-state index in [1.54, 1.807) is 14.0 Å². The first kappa shape index (κ1) is 12.7. The van der Waals surface area contributed by atoms with Crippen molar-refractivity contribution in [2.24, 2.45) is 5.73 Å². The van der Waals surface area contributed by atoms with E-state index < -0.39 is 6.04 Å². The molecule has 0 unspecified atom stereocenters. The number of carbonyl (C=O) groups is 1. The second-order valence-corrected chi connectivity index (χ2v) is 3.68. The van der Waals surface area contributed by atoms with Gasteiger partial charge in [0, 0.05) is 12.8 Å². The standard InChI is InChI=1S/C12H18N2O2/c1-9(13)12(15)14-11-6-4-3-5-10(11)7-8-16-2/h3-6,9H,7-8,13H2,1-2H3,(H,14,15)/t9-/m1/s1. The van der Waals surface area contributed by atoms with E-state index in [0.29, 0.717) is 6.61 Å². The zero-order valence-electron chi connectivity index (χ0n) is 9.69. The molecule has 0 radical (unpaired) electrons. The molecule has 0 saturated carbocycles. The number of rotatable bonds is 5. The van der Waals surface area contributed by atoms with Crippen LogP contribution in [0.1, 0.15) is 12.5 Å². The molecule has 0 aliphatic rings. The van der Waals surface area contributed by atoms with Crippen molar-refractivity contribution in [1.29, 1.82) is 0 Å². The van der Waals surface area contributed by atoms with Crippen LogP contribution in [0.5, 0.6) is 0 Å². The molecular formula is C12H18N2O2. The summed E-state index contributed by atoms with van der Waals surface area (Å²) in [6.07, 6.45) is 0.770. The van der Waals surface area contributed by atoms with Crippen LogP contribution in [0.2, 0.25) is 0 Å². The number of hydrogen-bond donors (Lipinski definition) is 2. The lowest BCUT2D eigenvalue weighted by molar-refractivity contribution is -0.117. The topological polar surface area (TPSA) is 64.3 Å². The van der Waals surface area contributed by atoms with Gasteiger partial charge in [-0.15, -0.1) is 0 Å². The van der Waals surface area contributed by atoms with Crippen LogP contribution in [0.3, 0.4) is 0 Å². The molecule has 0 aliphatic carbocycles. The maximum Gasteiger partial charge on any atom is 0.241 e. The summed E-state index contributed by atoms with van der Waals surface area (Å²) in [5.41, 5.74) is 7.36. The highest BCUT2D eigenvalue weighted by Gasteiger charge is 2.09. The van der Waals surface area contributed by atoms with Gasteiger partial charge >= 0.3 is 0 Å². The van der Waals surface area contributed by atoms with E-state index in [9.17, 15) is 4.79 Å². The van der Waals surface area contributed by atoms with Crippen LogP contribution < -0.4 is 11.1 Å². The van der Waals surface area contributed by atoms with Crippen LogP contribution in [0.25, 0.3) is 0 Å². The number of methoxy groups -OCH3 is 1. The van der Waals surface area contributed by atoms with E-state index in [4.69, 9.17) is 10.5 Å². The molecule has 0 bridgehead atoms. The first-order valence-corrected chi connectivity index (χ1v) is 5.28. The Balaban J connectivity index is 2.74. The Kier molecular flexibility index (Phi) is 4.95. The summed E-state index contributed by atoms with van der Waals surface area (Å²) in [6, 6.07) is 7.15. The fraction of sp³-hybridized carbons (Fsp3) is 0.417. The highest BCUT2D eigenvalue weighted by Crippen LogP contribution is 2.15. The summed E-state index contributed by atoms with van der Waals surface area (Å²) in [6.45, 7) is 2.29. The summed E-state index contributed by atoms with van der Waals surface area (Å²) in [4.78, 5) is 11.5. The molecule has 1 atom stereocenters. The van der Waals surface area contributed by atoms with Crippen LogP contribution >= 0.6 is 0 Å². The summed E-state index contributed by atoms with van der Waals surface area (Å²) in [7, 11) is 1.66. The Morgan fingerprint density at radius 3 is 2.81 bits per heavy atom. The molecule has 0 aromatic heterocycles. The second kappa shape index (κ2) is 6.25. The molecule has 0 spiro atoms. The number of hydrogen-bond acceptors (Lipinski definition) is 3. The van der Waals surface area contributed by atoms with E-state index in [0.717, 1.165) is 17.7 Å². The highest BCUT2D eigenvalue weighted by molar-refractivity contribution is 5.95. The number of carbonyl (C=O) groups excluding carboxylic acids is 1. The third-order valence-corrected chi connectivity index (χ3v) is 2.26. The van der Waals surface area contributed by atoms with Gasteiger partial charge in [-0.05, 0) is 25.0 Å². The smallest absolute Gasteiger partial charge is 0.241 e. The van der Waals surface area contributed by atoms with Crippen LogP contribution in [0.4, 0.5) is 5.69 Å². The first-order chi connectivity index (χ1) is 7.65. The van der Waals surface area contributed by atoms with E-state index in [1.807, 2.05) is 24.3 Å². The molecule has 0 aliphatic heterocycles. The molecule has 1 amide bonds. The Morgan fingerprint density at radius 1 is 1.50 bits per heavy atom. The van der Waals surface area contributed by atoms with Crippen molar-refractivity contribution in [3.8, 4) is 0 Å². The highest BCUT2D eigenvalue weighted by atomic mass is 16.5. The molecule has 0 fully saturated rings. The lowest BCUT2D eigenvalue weighted by atomic mass is 10.1. The Labute approximate surface area is 95.8 Å². The quantitative estimate of drug-likeness (QED) is 0.785. The fourth-order valence-corrected chi connectivity index (χ4v) is 1.32. The summed E-state index contributed by atoms with van der Waals surface area (Å²) < 4.78 is 5.02. The number of ether oxygens (including phenoxy) is 1. The van der Waals surface area contributed by atoms with Crippen molar-refractivity contribution >= 4 is 11.6 Å². The zero-order valence-corrected chi connectivity index (χ0v) is 9.69. The molecule has 16 heavy (non-hydrogen) atoms. The lowest BCUT2D eigenvalue weighted by Gasteiger charge is -2.12.